The van der Waals surface area contributed by atoms with E-state index in [1.54, 1.807) is 26.0 Å². The van der Waals surface area contributed by atoms with E-state index in [1.807, 2.05) is 12.1 Å². The zero-order valence-corrected chi connectivity index (χ0v) is 12.2. The predicted molar refractivity (Wildman–Crippen MR) is 78.0 cm³/mol. The van der Waals surface area contributed by atoms with Gasteiger partial charge >= 0.3 is 5.97 Å². The van der Waals surface area contributed by atoms with Crippen molar-refractivity contribution in [3.63, 3.8) is 0 Å². The largest absolute Gasteiger partial charge is 0.469 e. The van der Waals surface area contributed by atoms with Gasteiger partial charge in [-0.25, -0.2) is 0 Å². The number of esters is 1. The summed E-state index contributed by atoms with van der Waals surface area (Å²) < 4.78 is 4.68. The number of nitrogen functional groups attached to an aromatic ring is 1. The van der Waals surface area contributed by atoms with E-state index in [4.69, 9.17) is 11.5 Å². The van der Waals surface area contributed by atoms with E-state index < -0.39 is 17.4 Å². The Hall–Kier alpha value is -1.88. The van der Waals surface area contributed by atoms with Crippen molar-refractivity contribution >= 4 is 17.4 Å². The number of carbonyl (C=O) groups is 2. The molecule has 0 aliphatic rings. The standard InChI is InChI=1S/C15H22N2O3/c1-15(2,14(19)20-3)9-13(18)12(17)8-10-4-6-11(16)7-5-10/h4-7,12H,8-9,16-17H2,1-3H3/t12-/m0/s1. The van der Waals surface area contributed by atoms with E-state index in [0.717, 1.165) is 5.56 Å². The molecule has 0 saturated heterocycles. The maximum atomic E-state index is 12.1. The Morgan fingerprint density at radius 3 is 2.30 bits per heavy atom. The van der Waals surface area contributed by atoms with E-state index in [1.165, 1.54) is 7.11 Å². The molecule has 4 N–H and O–H groups in total. The third-order valence-electron chi connectivity index (χ3n) is 3.20. The molecule has 0 saturated carbocycles. The Balaban J connectivity index is 2.63. The first-order valence-corrected chi connectivity index (χ1v) is 6.47. The lowest BCUT2D eigenvalue weighted by molar-refractivity contribution is -0.152. The maximum Gasteiger partial charge on any atom is 0.311 e. The molecule has 0 bridgehead atoms. The summed E-state index contributed by atoms with van der Waals surface area (Å²) in [5.74, 6) is -0.567. The molecular formula is C15H22N2O3. The molecule has 1 aromatic rings. The molecule has 5 nitrogen and oxygen atoms in total. The normalized spacial score (nSPS) is 12.8. The third kappa shape index (κ3) is 4.35. The fourth-order valence-corrected chi connectivity index (χ4v) is 1.94. The molecule has 0 unspecified atom stereocenters. The molecule has 0 amide bonds. The SMILES string of the molecule is COC(=O)C(C)(C)CC(=O)[C@@H](N)Cc1ccc(N)cc1. The van der Waals surface area contributed by atoms with Crippen LogP contribution in [0.1, 0.15) is 25.8 Å². The highest BCUT2D eigenvalue weighted by atomic mass is 16.5. The highest BCUT2D eigenvalue weighted by Gasteiger charge is 2.33. The first kappa shape index (κ1) is 16.2. The van der Waals surface area contributed by atoms with E-state index >= 15 is 0 Å². The number of hydrogen-bond donors (Lipinski definition) is 2. The van der Waals surface area contributed by atoms with Gasteiger partial charge in [0.1, 0.15) is 0 Å². The number of ether oxygens (including phenoxy) is 1. The molecule has 1 aromatic carbocycles. The lowest BCUT2D eigenvalue weighted by Crippen LogP contribution is -2.38. The first-order valence-electron chi connectivity index (χ1n) is 6.47. The summed E-state index contributed by atoms with van der Waals surface area (Å²) in [4.78, 5) is 23.7. The zero-order valence-electron chi connectivity index (χ0n) is 12.2. The van der Waals surface area contributed by atoms with Gasteiger partial charge in [0, 0.05) is 12.1 Å². The number of hydrogen-bond acceptors (Lipinski definition) is 5. The molecule has 0 fully saturated rings. The third-order valence-corrected chi connectivity index (χ3v) is 3.20. The second-order valence-electron chi connectivity index (χ2n) is 5.57. The van der Waals surface area contributed by atoms with Crippen LogP contribution in [0.2, 0.25) is 0 Å². The van der Waals surface area contributed by atoms with Gasteiger partial charge in [0.2, 0.25) is 0 Å². The number of Topliss-reactive ketones (excluding diaryl/α,β-unsaturated/α-hetero) is 1. The van der Waals surface area contributed by atoms with Gasteiger partial charge in [-0.2, -0.15) is 0 Å². The smallest absolute Gasteiger partial charge is 0.311 e. The molecule has 1 atom stereocenters. The van der Waals surface area contributed by atoms with Crippen LogP contribution in [-0.4, -0.2) is 24.9 Å². The number of ketones is 1. The van der Waals surface area contributed by atoms with Crippen molar-refractivity contribution in [2.75, 3.05) is 12.8 Å². The van der Waals surface area contributed by atoms with Crippen LogP contribution >= 0.6 is 0 Å². The first-order chi connectivity index (χ1) is 9.26. The van der Waals surface area contributed by atoms with Gasteiger partial charge in [0.25, 0.3) is 0 Å². The van der Waals surface area contributed by atoms with Gasteiger partial charge in [-0.1, -0.05) is 12.1 Å². The lowest BCUT2D eigenvalue weighted by atomic mass is 9.84. The second-order valence-corrected chi connectivity index (χ2v) is 5.57. The van der Waals surface area contributed by atoms with Crippen LogP contribution in [0.25, 0.3) is 0 Å². The molecule has 20 heavy (non-hydrogen) atoms. The van der Waals surface area contributed by atoms with Gasteiger partial charge in [-0.15, -0.1) is 0 Å². The predicted octanol–water partition coefficient (Wildman–Crippen LogP) is 1.30. The zero-order chi connectivity index (χ0) is 15.3. The Labute approximate surface area is 119 Å². The Morgan fingerprint density at radius 2 is 1.80 bits per heavy atom. The summed E-state index contributed by atoms with van der Waals surface area (Å²) in [5.41, 5.74) is 12.3. The molecule has 5 heteroatoms. The molecule has 0 spiro atoms. The summed E-state index contributed by atoms with van der Waals surface area (Å²) in [7, 11) is 1.31. The monoisotopic (exact) mass is 278 g/mol. The number of anilines is 1. The molecule has 0 aliphatic carbocycles. The highest BCUT2D eigenvalue weighted by Crippen LogP contribution is 2.23. The highest BCUT2D eigenvalue weighted by molar-refractivity contribution is 5.89. The van der Waals surface area contributed by atoms with Gasteiger partial charge in [0.05, 0.1) is 18.6 Å². The van der Waals surface area contributed by atoms with Crippen molar-refractivity contribution < 1.29 is 14.3 Å². The van der Waals surface area contributed by atoms with Crippen LogP contribution in [0.15, 0.2) is 24.3 Å². The van der Waals surface area contributed by atoms with Gasteiger partial charge < -0.3 is 16.2 Å². The molecule has 110 valence electrons. The van der Waals surface area contributed by atoms with Crippen LogP contribution in [0.3, 0.4) is 0 Å². The van der Waals surface area contributed by atoms with Crippen molar-refractivity contribution in [2.24, 2.45) is 11.1 Å². The average molecular weight is 278 g/mol. The quantitative estimate of drug-likeness (QED) is 0.604. The van der Waals surface area contributed by atoms with Gasteiger partial charge in [-0.3, -0.25) is 9.59 Å². The van der Waals surface area contributed by atoms with E-state index in [9.17, 15) is 9.59 Å². The lowest BCUT2D eigenvalue weighted by Gasteiger charge is -2.22. The molecule has 0 aromatic heterocycles. The maximum absolute atomic E-state index is 12.1. The van der Waals surface area contributed by atoms with Crippen LogP contribution in [0.4, 0.5) is 5.69 Å². The Morgan fingerprint density at radius 1 is 1.25 bits per heavy atom. The van der Waals surface area contributed by atoms with Crippen molar-refractivity contribution in [2.45, 2.75) is 32.7 Å². The molecule has 0 heterocycles. The number of carbonyl (C=O) groups excluding carboxylic acids is 2. The minimum absolute atomic E-state index is 0.0653. The van der Waals surface area contributed by atoms with E-state index in [2.05, 4.69) is 4.74 Å². The Bertz CT molecular complexity index is 480. The summed E-state index contributed by atoms with van der Waals surface area (Å²) in [6.07, 6.45) is 0.492. The number of nitrogens with two attached hydrogens (primary N) is 2. The minimum Gasteiger partial charge on any atom is -0.469 e. The average Bonchev–Trinajstić information content (AvgIpc) is 2.39. The molecule has 1 rings (SSSR count). The second kappa shape index (κ2) is 6.52. The van der Waals surface area contributed by atoms with Crippen LogP contribution in [0, 0.1) is 5.41 Å². The summed E-state index contributed by atoms with van der Waals surface area (Å²) in [6.45, 7) is 3.35. The van der Waals surface area contributed by atoms with Gasteiger partial charge in [-0.05, 0) is 38.0 Å². The summed E-state index contributed by atoms with van der Waals surface area (Å²) in [5, 5.41) is 0. The fraction of sp³-hybridized carbons (Fsp3) is 0.467. The summed E-state index contributed by atoms with van der Waals surface area (Å²) in [6, 6.07) is 6.58. The van der Waals surface area contributed by atoms with Crippen molar-refractivity contribution in [1.82, 2.24) is 0 Å². The van der Waals surface area contributed by atoms with Gasteiger partial charge in [0.15, 0.2) is 5.78 Å². The summed E-state index contributed by atoms with van der Waals surface area (Å²) >= 11 is 0. The van der Waals surface area contributed by atoms with Crippen molar-refractivity contribution in [3.8, 4) is 0 Å². The fourth-order valence-electron chi connectivity index (χ4n) is 1.94. The topological polar surface area (TPSA) is 95.4 Å². The molecule has 0 radical (unpaired) electrons. The van der Waals surface area contributed by atoms with Crippen molar-refractivity contribution in [3.05, 3.63) is 29.8 Å². The van der Waals surface area contributed by atoms with Crippen LogP contribution < -0.4 is 11.5 Å². The van der Waals surface area contributed by atoms with Crippen LogP contribution in [0.5, 0.6) is 0 Å². The number of rotatable bonds is 6. The van der Waals surface area contributed by atoms with E-state index in [0.29, 0.717) is 12.1 Å². The number of methoxy groups -OCH3 is 1. The number of benzene rings is 1. The molecule has 0 aliphatic heterocycles. The molecular weight excluding hydrogens is 256 g/mol. The van der Waals surface area contributed by atoms with Crippen molar-refractivity contribution in [1.29, 1.82) is 0 Å². The Kier molecular flexibility index (Phi) is 5.27. The van der Waals surface area contributed by atoms with Crippen LogP contribution in [-0.2, 0) is 20.7 Å². The minimum atomic E-state index is -0.857. The van der Waals surface area contributed by atoms with E-state index in [-0.39, 0.29) is 12.2 Å².